The summed E-state index contributed by atoms with van der Waals surface area (Å²) in [7, 11) is -2.29. The molecule has 3 aromatic rings. The molecule has 13 heteroatoms. The quantitative estimate of drug-likeness (QED) is 0.210. The second kappa shape index (κ2) is 13.7. The molecule has 230 valence electrons. The molecule has 2 atom stereocenters. The van der Waals surface area contributed by atoms with Crippen LogP contribution in [0, 0.1) is 16.0 Å². The van der Waals surface area contributed by atoms with E-state index in [1.807, 2.05) is 39.0 Å². The van der Waals surface area contributed by atoms with Crippen LogP contribution in [0.3, 0.4) is 0 Å². The van der Waals surface area contributed by atoms with Crippen LogP contribution in [0.25, 0.3) is 0 Å². The first-order chi connectivity index (χ1) is 20.4. The molecule has 1 amide bonds. The van der Waals surface area contributed by atoms with E-state index in [1.54, 1.807) is 42.3 Å². The first-order valence-corrected chi connectivity index (χ1v) is 15.6. The smallest absolute Gasteiger partial charge is 0.293 e. The number of carbonyl (C=O) groups excluding carboxylic acids is 1. The summed E-state index contributed by atoms with van der Waals surface area (Å²) < 4.78 is 38.8. The molecule has 0 saturated carbocycles. The molecule has 1 saturated heterocycles. The Balaban J connectivity index is 1.58. The van der Waals surface area contributed by atoms with Gasteiger partial charge < -0.3 is 19.7 Å². The fraction of sp³-hybridized carbons (Fsp3) is 0.367. The third kappa shape index (κ3) is 7.45. The Morgan fingerprint density at radius 2 is 1.77 bits per heavy atom. The third-order valence-corrected chi connectivity index (χ3v) is 9.47. The highest BCUT2D eigenvalue weighted by atomic mass is 35.5. The van der Waals surface area contributed by atoms with Gasteiger partial charge in [0.25, 0.3) is 5.69 Å². The summed E-state index contributed by atoms with van der Waals surface area (Å²) >= 11 is 6.11. The summed E-state index contributed by atoms with van der Waals surface area (Å²) in [5, 5.41) is 15.6. The fourth-order valence-corrected chi connectivity index (χ4v) is 6.37. The van der Waals surface area contributed by atoms with Gasteiger partial charge in [-0.1, -0.05) is 49.7 Å². The van der Waals surface area contributed by atoms with Gasteiger partial charge in [0.2, 0.25) is 15.9 Å². The number of nitro benzene ring substituents is 1. The third-order valence-electron chi connectivity index (χ3n) is 7.34. The number of ether oxygens (including phenoxy) is 2. The monoisotopic (exact) mass is 630 g/mol. The lowest BCUT2D eigenvalue weighted by molar-refractivity contribution is -0.384. The van der Waals surface area contributed by atoms with Crippen LogP contribution in [-0.4, -0.2) is 67.8 Å². The predicted molar refractivity (Wildman–Crippen MR) is 164 cm³/mol. The van der Waals surface area contributed by atoms with E-state index in [-0.39, 0.29) is 48.7 Å². The molecule has 0 spiro atoms. The van der Waals surface area contributed by atoms with Crippen LogP contribution in [0.4, 0.5) is 11.4 Å². The van der Waals surface area contributed by atoms with Gasteiger partial charge in [0, 0.05) is 36.8 Å². The molecule has 1 fully saturated rings. The molecule has 11 nitrogen and oxygen atoms in total. The van der Waals surface area contributed by atoms with Crippen molar-refractivity contribution in [1.82, 2.24) is 9.21 Å². The number of benzene rings is 3. The summed E-state index contributed by atoms with van der Waals surface area (Å²) in [6.07, 6.45) is 0. The van der Waals surface area contributed by atoms with E-state index in [4.69, 9.17) is 21.1 Å². The maximum Gasteiger partial charge on any atom is 0.293 e. The van der Waals surface area contributed by atoms with E-state index >= 15 is 0 Å². The van der Waals surface area contributed by atoms with Gasteiger partial charge in [-0.3, -0.25) is 14.9 Å². The van der Waals surface area contributed by atoms with Crippen molar-refractivity contribution in [2.75, 3.05) is 38.7 Å². The number of halogens is 1. The molecule has 43 heavy (non-hydrogen) atoms. The maximum absolute atomic E-state index is 13.9. The van der Waals surface area contributed by atoms with Crippen molar-refractivity contribution in [3.8, 4) is 11.5 Å². The lowest BCUT2D eigenvalue weighted by atomic mass is 9.99. The molecule has 4 rings (SSSR count). The number of likely N-dealkylation sites (N-methyl/N-ethyl adjacent to an activating group) is 1. The molecule has 0 aliphatic carbocycles. The normalized spacial score (nSPS) is 15.5. The van der Waals surface area contributed by atoms with E-state index in [2.05, 4.69) is 5.32 Å². The number of nitro groups is 1. The fourth-order valence-electron chi connectivity index (χ4n) is 4.76. The number of anilines is 1. The highest BCUT2D eigenvalue weighted by molar-refractivity contribution is 7.89. The van der Waals surface area contributed by atoms with Crippen LogP contribution in [0.15, 0.2) is 71.6 Å². The number of hydrogen-bond acceptors (Lipinski definition) is 8. The first-order valence-electron chi connectivity index (χ1n) is 13.8. The number of nitrogens with zero attached hydrogens (tertiary/aromatic N) is 3. The van der Waals surface area contributed by atoms with Crippen LogP contribution in [-0.2, 0) is 19.6 Å². The SMILES string of the molecule is CC(C)[C@H](Nc1ccc(S(=O)(=O)N2CCOCC2)cc1[N+](=O)[O-])C(=O)N(C)C(C)c1ccccc1Oc1cccc(Cl)c1. The topological polar surface area (TPSA) is 131 Å². The van der Waals surface area contributed by atoms with Gasteiger partial charge >= 0.3 is 0 Å². The van der Waals surface area contributed by atoms with E-state index < -0.39 is 32.7 Å². The van der Waals surface area contributed by atoms with Gasteiger partial charge in [0.05, 0.1) is 29.1 Å². The number of morpholine rings is 1. The van der Waals surface area contributed by atoms with Crippen molar-refractivity contribution < 1.29 is 27.6 Å². The van der Waals surface area contributed by atoms with Gasteiger partial charge in [0.15, 0.2) is 0 Å². The van der Waals surface area contributed by atoms with Crippen LogP contribution < -0.4 is 10.1 Å². The number of para-hydroxylation sites is 1. The largest absolute Gasteiger partial charge is 0.457 e. The molecule has 1 N–H and O–H groups in total. The second-order valence-corrected chi connectivity index (χ2v) is 12.9. The minimum atomic E-state index is -3.95. The van der Waals surface area contributed by atoms with E-state index in [0.29, 0.717) is 16.5 Å². The van der Waals surface area contributed by atoms with E-state index in [1.165, 1.54) is 16.4 Å². The Kier molecular flexibility index (Phi) is 10.3. The van der Waals surface area contributed by atoms with Crippen LogP contribution in [0.5, 0.6) is 11.5 Å². The van der Waals surface area contributed by atoms with Crippen molar-refractivity contribution >= 4 is 38.9 Å². The summed E-state index contributed by atoms with van der Waals surface area (Å²) in [6.45, 7) is 6.35. The zero-order chi connectivity index (χ0) is 31.3. The maximum atomic E-state index is 13.9. The molecule has 1 aliphatic heterocycles. The lowest BCUT2D eigenvalue weighted by Gasteiger charge is -2.32. The number of amides is 1. The summed E-state index contributed by atoms with van der Waals surface area (Å²) in [4.78, 5) is 26.6. The zero-order valence-electron chi connectivity index (χ0n) is 24.4. The highest BCUT2D eigenvalue weighted by Gasteiger charge is 2.33. The number of rotatable bonds is 11. The minimum Gasteiger partial charge on any atom is -0.457 e. The van der Waals surface area contributed by atoms with Crippen molar-refractivity contribution in [1.29, 1.82) is 0 Å². The van der Waals surface area contributed by atoms with Crippen molar-refractivity contribution in [2.45, 2.75) is 37.8 Å². The van der Waals surface area contributed by atoms with Crippen LogP contribution in [0.1, 0.15) is 32.4 Å². The number of carbonyl (C=O) groups is 1. The molecule has 0 radical (unpaired) electrons. The molecular weight excluding hydrogens is 596 g/mol. The molecule has 1 unspecified atom stereocenters. The van der Waals surface area contributed by atoms with Gasteiger partial charge in [-0.25, -0.2) is 8.42 Å². The van der Waals surface area contributed by atoms with E-state index in [0.717, 1.165) is 11.6 Å². The lowest BCUT2D eigenvalue weighted by Crippen LogP contribution is -2.45. The minimum absolute atomic E-state index is 0.0451. The Bertz CT molecular complexity index is 1580. The number of sulfonamides is 1. The summed E-state index contributed by atoms with van der Waals surface area (Å²) in [5.74, 6) is 0.531. The van der Waals surface area contributed by atoms with Crippen molar-refractivity contribution in [3.05, 3.63) is 87.4 Å². The highest BCUT2D eigenvalue weighted by Crippen LogP contribution is 2.35. The van der Waals surface area contributed by atoms with Gasteiger partial charge in [-0.05, 0) is 49.2 Å². The van der Waals surface area contributed by atoms with Gasteiger partial charge in [-0.15, -0.1) is 0 Å². The second-order valence-electron chi connectivity index (χ2n) is 10.5. The molecule has 1 heterocycles. The molecule has 0 bridgehead atoms. The molecular formula is C30H35ClN4O7S. The van der Waals surface area contributed by atoms with Crippen molar-refractivity contribution in [3.63, 3.8) is 0 Å². The Labute approximate surface area is 256 Å². The van der Waals surface area contributed by atoms with Gasteiger partial charge in [-0.2, -0.15) is 4.31 Å². The Morgan fingerprint density at radius 1 is 1.07 bits per heavy atom. The summed E-state index contributed by atoms with van der Waals surface area (Å²) in [5.41, 5.74) is 0.358. The van der Waals surface area contributed by atoms with Crippen LogP contribution in [0.2, 0.25) is 5.02 Å². The first kappa shape index (κ1) is 32.2. The number of nitrogens with one attached hydrogen (secondary N) is 1. The molecule has 3 aromatic carbocycles. The van der Waals surface area contributed by atoms with Crippen molar-refractivity contribution in [2.24, 2.45) is 5.92 Å². The van der Waals surface area contributed by atoms with E-state index in [9.17, 15) is 23.3 Å². The molecule has 0 aromatic heterocycles. The predicted octanol–water partition coefficient (Wildman–Crippen LogP) is 5.72. The number of hydrogen-bond donors (Lipinski definition) is 1. The average molecular weight is 631 g/mol. The standard InChI is InChI=1S/C30H35ClN4O7S/c1-20(2)29(32-26-13-12-24(19-27(26)35(37)38)43(39,40)34-14-16-41-17-15-34)30(36)33(4)21(3)25-10-5-6-11-28(25)42-23-9-7-8-22(31)18-23/h5-13,18-21,29,32H,14-17H2,1-4H3/t21?,29-/m0/s1. The molecule has 1 aliphatic rings. The Hall–Kier alpha value is -3.71. The zero-order valence-corrected chi connectivity index (χ0v) is 26.0. The van der Waals surface area contributed by atoms with Crippen LogP contribution >= 0.6 is 11.6 Å². The average Bonchev–Trinajstić information content (AvgIpc) is 2.99. The summed E-state index contributed by atoms with van der Waals surface area (Å²) in [6, 6.07) is 16.8. The van der Waals surface area contributed by atoms with Gasteiger partial charge in [0.1, 0.15) is 23.2 Å². The Morgan fingerprint density at radius 3 is 2.42 bits per heavy atom.